The lowest BCUT2D eigenvalue weighted by molar-refractivity contribution is 0.101. The number of nitrogens with one attached hydrogen (secondary N) is 1. The molecule has 1 amide bonds. The average Bonchev–Trinajstić information content (AvgIpc) is 3.29. The third-order valence-corrected chi connectivity index (χ3v) is 5.83. The van der Waals surface area contributed by atoms with Crippen molar-refractivity contribution in [2.45, 2.75) is 9.79 Å². The first-order valence-corrected chi connectivity index (χ1v) is 9.99. The van der Waals surface area contributed by atoms with Gasteiger partial charge in [-0.2, -0.15) is 0 Å². The van der Waals surface area contributed by atoms with Gasteiger partial charge >= 0.3 is 0 Å². The van der Waals surface area contributed by atoms with E-state index in [0.717, 1.165) is 20.9 Å². The molecule has 29 heavy (non-hydrogen) atoms. The number of nitrogens with zero attached hydrogens (tertiary/aromatic N) is 1. The Bertz CT molecular complexity index is 1230. The van der Waals surface area contributed by atoms with Gasteiger partial charge < -0.3 is 10.1 Å². The quantitative estimate of drug-likeness (QED) is 0.477. The van der Waals surface area contributed by atoms with Crippen molar-refractivity contribution in [2.24, 2.45) is 4.99 Å². The van der Waals surface area contributed by atoms with E-state index in [1.807, 2.05) is 72.8 Å². The van der Waals surface area contributed by atoms with Crippen molar-refractivity contribution in [3.8, 4) is 17.1 Å². The molecule has 2 N–H and O–H groups in total. The Morgan fingerprint density at radius 2 is 1.34 bits per heavy atom. The summed E-state index contributed by atoms with van der Waals surface area (Å²) >= 11 is 1.67. The van der Waals surface area contributed by atoms with Crippen molar-refractivity contribution in [3.05, 3.63) is 102 Å². The van der Waals surface area contributed by atoms with Crippen molar-refractivity contribution in [1.82, 2.24) is 4.98 Å². The minimum absolute atomic E-state index is 0.0359. The van der Waals surface area contributed by atoms with Crippen LogP contribution in [0.3, 0.4) is 0 Å². The van der Waals surface area contributed by atoms with Gasteiger partial charge in [0.1, 0.15) is 0 Å². The summed E-state index contributed by atoms with van der Waals surface area (Å²) in [4.78, 5) is 22.1. The number of aromatic nitrogens is 1. The zero-order valence-corrected chi connectivity index (χ0v) is 16.1. The Balaban J connectivity index is 1.49. The Hall–Kier alpha value is -3.57. The van der Waals surface area contributed by atoms with E-state index in [0.29, 0.717) is 22.5 Å². The molecule has 0 spiro atoms. The number of aliphatic imine (C=N–C) groups is 1. The summed E-state index contributed by atoms with van der Waals surface area (Å²) in [5, 5.41) is 10.5. The molecule has 0 atom stereocenters. The van der Waals surface area contributed by atoms with Crippen LogP contribution in [0.4, 0.5) is 0 Å². The van der Waals surface area contributed by atoms with Gasteiger partial charge in [-0.25, -0.2) is 4.99 Å². The lowest BCUT2D eigenvalue weighted by Gasteiger charge is -2.05. The Labute approximate surface area is 172 Å². The zero-order valence-electron chi connectivity index (χ0n) is 15.3. The number of hydrogen-bond donors (Lipinski definition) is 2. The minimum atomic E-state index is -0.340. The molecule has 2 heterocycles. The van der Waals surface area contributed by atoms with Crippen molar-refractivity contribution in [1.29, 1.82) is 0 Å². The van der Waals surface area contributed by atoms with Crippen molar-refractivity contribution >= 4 is 23.4 Å². The first kappa shape index (κ1) is 17.5. The van der Waals surface area contributed by atoms with Gasteiger partial charge in [-0.15, -0.1) is 0 Å². The Morgan fingerprint density at radius 3 is 2.03 bits per heavy atom. The summed E-state index contributed by atoms with van der Waals surface area (Å²) < 4.78 is 0. The summed E-state index contributed by atoms with van der Waals surface area (Å²) in [5.74, 6) is -0.376. The molecule has 0 unspecified atom stereocenters. The smallest absolute Gasteiger partial charge is 0.280 e. The number of aromatic amines is 1. The predicted molar refractivity (Wildman–Crippen MR) is 115 cm³/mol. The number of carbonyl (C=O) groups is 1. The van der Waals surface area contributed by atoms with Gasteiger partial charge in [-0.05, 0) is 29.8 Å². The van der Waals surface area contributed by atoms with Crippen LogP contribution in [0.2, 0.25) is 0 Å². The van der Waals surface area contributed by atoms with E-state index in [2.05, 4.69) is 22.1 Å². The summed E-state index contributed by atoms with van der Waals surface area (Å²) in [6, 6.07) is 27.5. The maximum absolute atomic E-state index is 12.6. The Kier molecular flexibility index (Phi) is 4.30. The molecule has 5 heteroatoms. The normalized spacial score (nSPS) is 12.7. The van der Waals surface area contributed by atoms with Crippen LogP contribution >= 0.6 is 11.8 Å². The molecule has 4 nitrogen and oxygen atoms in total. The van der Waals surface area contributed by atoms with Crippen LogP contribution in [-0.2, 0) is 0 Å². The number of fused-ring (bicyclic) bond motifs is 1. The lowest BCUT2D eigenvalue weighted by atomic mass is 10.0. The predicted octanol–water partition coefficient (Wildman–Crippen LogP) is 5.53. The summed E-state index contributed by atoms with van der Waals surface area (Å²) in [6.45, 7) is 0. The third-order valence-electron chi connectivity index (χ3n) is 4.81. The lowest BCUT2D eigenvalue weighted by Crippen LogP contribution is -1.99. The maximum atomic E-state index is 12.6. The fourth-order valence-electron chi connectivity index (χ4n) is 3.48. The molecule has 1 aliphatic heterocycles. The van der Waals surface area contributed by atoms with E-state index < -0.39 is 0 Å². The second-order valence-electron chi connectivity index (χ2n) is 6.67. The molecule has 3 aromatic carbocycles. The number of hydrogen-bond acceptors (Lipinski definition) is 3. The minimum Gasteiger partial charge on any atom is -0.494 e. The summed E-state index contributed by atoms with van der Waals surface area (Å²) in [7, 11) is 0. The van der Waals surface area contributed by atoms with E-state index in [1.165, 1.54) is 0 Å². The van der Waals surface area contributed by atoms with Gasteiger partial charge in [0, 0.05) is 15.4 Å². The standard InChI is InChI=1S/C24H16N2O2S/c27-23-19-20(24(28)25-21(19)15-7-3-1-4-8-15)22(26-23)16-11-13-18(14-12-16)29-17-9-5-2-6-10-17/h1-14,25,28H. The molecule has 1 aliphatic rings. The molecule has 4 aromatic rings. The highest BCUT2D eigenvalue weighted by atomic mass is 32.2. The number of H-pyrrole nitrogens is 1. The molecule has 0 aliphatic carbocycles. The average molecular weight is 396 g/mol. The highest BCUT2D eigenvalue weighted by molar-refractivity contribution is 7.99. The van der Waals surface area contributed by atoms with Crippen LogP contribution in [0.25, 0.3) is 11.3 Å². The monoisotopic (exact) mass is 396 g/mol. The number of amides is 1. The summed E-state index contributed by atoms with van der Waals surface area (Å²) in [5.41, 5.74) is 3.62. The SMILES string of the molecule is O=C1N=C(c2ccc(Sc3ccccc3)cc2)c2c(O)[nH]c(-c3ccccc3)c21. The molecule has 0 bridgehead atoms. The second-order valence-corrected chi connectivity index (χ2v) is 7.82. The van der Waals surface area contributed by atoms with Crippen molar-refractivity contribution in [2.75, 3.05) is 0 Å². The van der Waals surface area contributed by atoms with Crippen LogP contribution < -0.4 is 0 Å². The second kappa shape index (κ2) is 7.11. The molecule has 140 valence electrons. The van der Waals surface area contributed by atoms with Crippen LogP contribution in [0.1, 0.15) is 21.5 Å². The van der Waals surface area contributed by atoms with Crippen molar-refractivity contribution < 1.29 is 9.90 Å². The number of aromatic hydroxyl groups is 1. The number of benzene rings is 3. The van der Waals surface area contributed by atoms with Crippen LogP contribution in [-0.4, -0.2) is 21.7 Å². The van der Waals surface area contributed by atoms with Gasteiger partial charge in [0.15, 0.2) is 5.88 Å². The molecule has 5 rings (SSSR count). The first-order valence-electron chi connectivity index (χ1n) is 9.18. The molecular weight excluding hydrogens is 380 g/mol. The van der Waals surface area contributed by atoms with Crippen molar-refractivity contribution in [3.63, 3.8) is 0 Å². The molecular formula is C24H16N2O2S. The van der Waals surface area contributed by atoms with Gasteiger partial charge in [-0.3, -0.25) is 4.79 Å². The Morgan fingerprint density at radius 1 is 0.724 bits per heavy atom. The van der Waals surface area contributed by atoms with Gasteiger partial charge in [0.2, 0.25) is 0 Å². The van der Waals surface area contributed by atoms with E-state index in [9.17, 15) is 9.90 Å². The van der Waals surface area contributed by atoms with E-state index in [4.69, 9.17) is 0 Å². The molecule has 0 radical (unpaired) electrons. The number of rotatable bonds is 4. The molecule has 0 saturated heterocycles. The largest absolute Gasteiger partial charge is 0.494 e. The van der Waals surface area contributed by atoms with E-state index >= 15 is 0 Å². The maximum Gasteiger partial charge on any atom is 0.280 e. The van der Waals surface area contributed by atoms with Gasteiger partial charge in [0.05, 0.1) is 22.5 Å². The van der Waals surface area contributed by atoms with E-state index in [1.54, 1.807) is 11.8 Å². The zero-order chi connectivity index (χ0) is 19.8. The highest BCUT2D eigenvalue weighted by Crippen LogP contribution is 2.38. The van der Waals surface area contributed by atoms with Crippen LogP contribution in [0.15, 0.2) is 99.7 Å². The first-order chi connectivity index (χ1) is 14.2. The topological polar surface area (TPSA) is 65.4 Å². The fraction of sp³-hybridized carbons (Fsp3) is 0. The van der Waals surface area contributed by atoms with E-state index in [-0.39, 0.29) is 11.8 Å². The van der Waals surface area contributed by atoms with Gasteiger partial charge in [-0.1, -0.05) is 72.4 Å². The highest BCUT2D eigenvalue weighted by Gasteiger charge is 2.33. The van der Waals surface area contributed by atoms with Gasteiger partial charge in [0.25, 0.3) is 5.91 Å². The summed E-state index contributed by atoms with van der Waals surface area (Å²) in [6.07, 6.45) is 0. The molecule has 0 fully saturated rings. The third kappa shape index (κ3) is 3.15. The molecule has 0 saturated carbocycles. The molecule has 1 aromatic heterocycles. The van der Waals surface area contributed by atoms with Crippen LogP contribution in [0, 0.1) is 0 Å². The van der Waals surface area contributed by atoms with Crippen LogP contribution in [0.5, 0.6) is 5.88 Å². The fourth-order valence-corrected chi connectivity index (χ4v) is 4.32. The number of carbonyl (C=O) groups excluding carboxylic acids is 1.